The second-order valence-electron chi connectivity index (χ2n) is 6.46. The van der Waals surface area contributed by atoms with Gasteiger partial charge >= 0.3 is 0 Å². The fourth-order valence-corrected chi connectivity index (χ4v) is 4.48. The van der Waals surface area contributed by atoms with Crippen molar-refractivity contribution in [2.75, 3.05) is 17.1 Å². The van der Waals surface area contributed by atoms with Gasteiger partial charge in [0.05, 0.1) is 11.9 Å². The Kier molecular flexibility index (Phi) is 6.52. The quantitative estimate of drug-likeness (QED) is 0.833. The molecule has 1 atom stereocenters. The number of rotatable bonds is 6. The van der Waals surface area contributed by atoms with Crippen LogP contribution in [0.5, 0.6) is 0 Å². The highest BCUT2D eigenvalue weighted by atomic mass is 35.5. The Bertz CT molecular complexity index is 655. The van der Waals surface area contributed by atoms with Gasteiger partial charge in [0, 0.05) is 11.6 Å². The molecule has 1 aliphatic carbocycles. The van der Waals surface area contributed by atoms with E-state index in [0.29, 0.717) is 23.2 Å². The van der Waals surface area contributed by atoms with Gasteiger partial charge in [-0.15, -0.1) is 0 Å². The normalized spacial score (nSPS) is 17.3. The maximum absolute atomic E-state index is 12.5. The number of carbonyl (C=O) groups excluding carboxylic acids is 1. The molecule has 1 amide bonds. The van der Waals surface area contributed by atoms with Crippen molar-refractivity contribution in [1.82, 2.24) is 5.32 Å². The Labute approximate surface area is 149 Å². The maximum Gasteiger partial charge on any atom is 0.243 e. The number of nitrogens with zero attached hydrogens (tertiary/aromatic N) is 1. The van der Waals surface area contributed by atoms with Crippen LogP contribution in [0.25, 0.3) is 0 Å². The number of amides is 1. The van der Waals surface area contributed by atoms with Crippen molar-refractivity contribution in [1.29, 1.82) is 0 Å². The van der Waals surface area contributed by atoms with Crippen molar-refractivity contribution in [3.8, 4) is 0 Å². The lowest BCUT2D eigenvalue weighted by atomic mass is 9.89. The lowest BCUT2D eigenvalue weighted by molar-refractivity contribution is -0.122. The Balaban J connectivity index is 2.08. The molecule has 0 radical (unpaired) electrons. The molecule has 7 heteroatoms. The zero-order chi connectivity index (χ0) is 17.7. The summed E-state index contributed by atoms with van der Waals surface area (Å²) in [7, 11) is -3.59. The highest BCUT2D eigenvalue weighted by Crippen LogP contribution is 2.24. The van der Waals surface area contributed by atoms with Crippen LogP contribution in [0.1, 0.15) is 39.0 Å². The van der Waals surface area contributed by atoms with E-state index in [-0.39, 0.29) is 5.91 Å². The van der Waals surface area contributed by atoms with Crippen LogP contribution < -0.4 is 9.62 Å². The predicted octanol–water partition coefficient (Wildman–Crippen LogP) is 3.19. The standard InChI is InChI=1S/C17H25ClN2O3S/c1-13(17(21)19-12-14-6-4-3-5-7-14)20(24(2,22)23)16-10-8-15(18)9-11-16/h8-11,13-14H,3-7,12H2,1-2H3,(H,19,21)/t13-/m0/s1. The molecule has 5 nitrogen and oxygen atoms in total. The number of benzene rings is 1. The third-order valence-corrected chi connectivity index (χ3v) is 5.95. The van der Waals surface area contributed by atoms with Crippen LogP contribution in [0.15, 0.2) is 24.3 Å². The number of carbonyl (C=O) groups is 1. The smallest absolute Gasteiger partial charge is 0.243 e. The summed E-state index contributed by atoms with van der Waals surface area (Å²) in [5.41, 5.74) is 0.433. The van der Waals surface area contributed by atoms with Crippen molar-refractivity contribution >= 4 is 33.2 Å². The predicted molar refractivity (Wildman–Crippen MR) is 97.8 cm³/mol. The molecule has 1 saturated carbocycles. The van der Waals surface area contributed by atoms with E-state index in [1.54, 1.807) is 31.2 Å². The maximum atomic E-state index is 12.5. The van der Waals surface area contributed by atoms with Crippen LogP contribution in [0, 0.1) is 5.92 Å². The van der Waals surface area contributed by atoms with E-state index in [9.17, 15) is 13.2 Å². The zero-order valence-corrected chi connectivity index (χ0v) is 15.7. The highest BCUT2D eigenvalue weighted by Gasteiger charge is 2.29. The van der Waals surface area contributed by atoms with Gasteiger partial charge in [-0.05, 0) is 49.9 Å². The summed E-state index contributed by atoms with van der Waals surface area (Å²) in [6, 6.07) is 5.62. The first kappa shape index (κ1) is 19.1. The SMILES string of the molecule is C[C@@H](C(=O)NCC1CCCCC1)N(c1ccc(Cl)cc1)S(C)(=O)=O. The Morgan fingerprint density at radius 1 is 1.25 bits per heavy atom. The molecule has 24 heavy (non-hydrogen) atoms. The van der Waals surface area contributed by atoms with E-state index >= 15 is 0 Å². The third kappa shape index (κ3) is 5.11. The monoisotopic (exact) mass is 372 g/mol. The average molecular weight is 373 g/mol. The zero-order valence-electron chi connectivity index (χ0n) is 14.2. The average Bonchev–Trinajstić information content (AvgIpc) is 2.54. The van der Waals surface area contributed by atoms with Crippen molar-refractivity contribution in [2.45, 2.75) is 45.1 Å². The fraction of sp³-hybridized carbons (Fsp3) is 0.588. The summed E-state index contributed by atoms with van der Waals surface area (Å²) >= 11 is 5.86. The molecule has 1 aliphatic rings. The van der Waals surface area contributed by atoms with Crippen LogP contribution in [-0.4, -0.2) is 33.2 Å². The number of hydrogen-bond acceptors (Lipinski definition) is 3. The molecule has 0 spiro atoms. The van der Waals surface area contributed by atoms with Crippen molar-refractivity contribution in [2.24, 2.45) is 5.92 Å². The summed E-state index contributed by atoms with van der Waals surface area (Å²) in [5.74, 6) is 0.220. The van der Waals surface area contributed by atoms with Gasteiger partial charge in [-0.3, -0.25) is 9.10 Å². The highest BCUT2D eigenvalue weighted by molar-refractivity contribution is 7.92. The van der Waals surface area contributed by atoms with Crippen LogP contribution in [0.2, 0.25) is 5.02 Å². The number of anilines is 1. The molecule has 0 unspecified atom stereocenters. The van der Waals surface area contributed by atoms with E-state index in [4.69, 9.17) is 11.6 Å². The second kappa shape index (κ2) is 8.21. The summed E-state index contributed by atoms with van der Waals surface area (Å²) in [6.07, 6.45) is 7.03. The Morgan fingerprint density at radius 3 is 2.38 bits per heavy atom. The molecular weight excluding hydrogens is 348 g/mol. The fourth-order valence-electron chi connectivity index (χ4n) is 3.18. The minimum absolute atomic E-state index is 0.277. The van der Waals surface area contributed by atoms with Crippen molar-refractivity contribution in [3.63, 3.8) is 0 Å². The lowest BCUT2D eigenvalue weighted by Crippen LogP contribution is -2.48. The first-order valence-corrected chi connectivity index (χ1v) is 10.5. The van der Waals surface area contributed by atoms with Gasteiger partial charge < -0.3 is 5.32 Å². The van der Waals surface area contributed by atoms with E-state index < -0.39 is 16.1 Å². The molecule has 0 heterocycles. The van der Waals surface area contributed by atoms with Gasteiger partial charge in [-0.2, -0.15) is 0 Å². The molecule has 1 N–H and O–H groups in total. The van der Waals surface area contributed by atoms with E-state index in [0.717, 1.165) is 23.4 Å². The van der Waals surface area contributed by atoms with Gasteiger partial charge in [0.1, 0.15) is 6.04 Å². The molecule has 134 valence electrons. The van der Waals surface area contributed by atoms with Crippen molar-refractivity contribution < 1.29 is 13.2 Å². The van der Waals surface area contributed by atoms with Crippen molar-refractivity contribution in [3.05, 3.63) is 29.3 Å². The topological polar surface area (TPSA) is 66.5 Å². The summed E-state index contributed by atoms with van der Waals surface area (Å²) in [5, 5.41) is 3.43. The lowest BCUT2D eigenvalue weighted by Gasteiger charge is -2.29. The minimum Gasteiger partial charge on any atom is -0.354 e. The molecule has 1 aromatic carbocycles. The van der Waals surface area contributed by atoms with E-state index in [1.165, 1.54) is 19.3 Å². The second-order valence-corrected chi connectivity index (χ2v) is 8.76. The van der Waals surface area contributed by atoms with Gasteiger partial charge in [0.2, 0.25) is 15.9 Å². The van der Waals surface area contributed by atoms with Crippen LogP contribution in [-0.2, 0) is 14.8 Å². The minimum atomic E-state index is -3.59. The number of nitrogens with one attached hydrogen (secondary N) is 1. The van der Waals surface area contributed by atoms with E-state index in [2.05, 4.69) is 5.32 Å². The molecule has 0 aromatic heterocycles. The van der Waals surface area contributed by atoms with Crippen LogP contribution in [0.4, 0.5) is 5.69 Å². The summed E-state index contributed by atoms with van der Waals surface area (Å²) in [6.45, 7) is 2.22. The third-order valence-electron chi connectivity index (χ3n) is 4.46. The molecular formula is C17H25ClN2O3S. The Morgan fingerprint density at radius 2 is 1.83 bits per heavy atom. The summed E-state index contributed by atoms with van der Waals surface area (Å²) in [4.78, 5) is 12.5. The molecule has 0 aliphatic heterocycles. The first-order valence-electron chi connectivity index (χ1n) is 8.31. The molecule has 2 rings (SSSR count). The van der Waals surface area contributed by atoms with E-state index in [1.807, 2.05) is 0 Å². The molecule has 0 bridgehead atoms. The largest absolute Gasteiger partial charge is 0.354 e. The van der Waals surface area contributed by atoms with Gasteiger partial charge in [0.25, 0.3) is 0 Å². The van der Waals surface area contributed by atoms with Crippen LogP contribution in [0.3, 0.4) is 0 Å². The number of halogens is 1. The molecule has 1 aromatic rings. The summed E-state index contributed by atoms with van der Waals surface area (Å²) < 4.78 is 25.5. The Hall–Kier alpha value is -1.27. The molecule has 0 saturated heterocycles. The number of sulfonamides is 1. The number of hydrogen-bond donors (Lipinski definition) is 1. The van der Waals surface area contributed by atoms with Gasteiger partial charge in [0.15, 0.2) is 0 Å². The van der Waals surface area contributed by atoms with Gasteiger partial charge in [-0.25, -0.2) is 8.42 Å². The first-order chi connectivity index (χ1) is 11.3. The van der Waals surface area contributed by atoms with Crippen LogP contribution >= 0.6 is 11.6 Å². The van der Waals surface area contributed by atoms with Gasteiger partial charge in [-0.1, -0.05) is 30.9 Å². The molecule has 1 fully saturated rings.